The van der Waals surface area contributed by atoms with E-state index >= 15 is 8.78 Å². The van der Waals surface area contributed by atoms with Gasteiger partial charge in [-0.25, -0.2) is 13.8 Å². The summed E-state index contributed by atoms with van der Waals surface area (Å²) in [7, 11) is 0. The van der Waals surface area contributed by atoms with E-state index in [0.717, 1.165) is 24.1 Å². The van der Waals surface area contributed by atoms with Gasteiger partial charge in [0.15, 0.2) is 0 Å². The fourth-order valence-corrected chi connectivity index (χ4v) is 5.48. The lowest BCUT2D eigenvalue weighted by Crippen LogP contribution is -2.26. The quantitative estimate of drug-likeness (QED) is 0.315. The van der Waals surface area contributed by atoms with Crippen LogP contribution in [0.1, 0.15) is 44.1 Å². The highest BCUT2D eigenvalue weighted by molar-refractivity contribution is 5.66. The van der Waals surface area contributed by atoms with Gasteiger partial charge in [-0.05, 0) is 49.4 Å². The van der Waals surface area contributed by atoms with Crippen LogP contribution in [0.5, 0.6) is 5.75 Å². The molecule has 1 aromatic carbocycles. The van der Waals surface area contributed by atoms with Crippen molar-refractivity contribution < 1.29 is 18.3 Å². The Morgan fingerprint density at radius 3 is 2.67 bits per heavy atom. The number of halogens is 2. The van der Waals surface area contributed by atoms with E-state index in [1.54, 1.807) is 30.7 Å². The molecular weight excluding hydrogens is 502 g/mol. The largest absolute Gasteiger partial charge is 0.490 e. The fraction of sp³-hybridized carbons (Fsp3) is 0.345. The van der Waals surface area contributed by atoms with E-state index < -0.39 is 11.6 Å². The highest BCUT2D eigenvalue weighted by atomic mass is 19.1. The van der Waals surface area contributed by atoms with Gasteiger partial charge < -0.3 is 20.5 Å². The Hall–Kier alpha value is -3.89. The molecule has 2 aliphatic rings. The summed E-state index contributed by atoms with van der Waals surface area (Å²) >= 11 is 0. The van der Waals surface area contributed by atoms with Gasteiger partial charge in [-0.2, -0.15) is 9.61 Å². The molecule has 4 aromatic rings. The maximum absolute atomic E-state index is 15.2. The van der Waals surface area contributed by atoms with Crippen molar-refractivity contribution in [2.45, 2.75) is 50.7 Å². The predicted octanol–water partition coefficient (Wildman–Crippen LogP) is 5.52. The first-order valence-electron chi connectivity index (χ1n) is 13.2. The van der Waals surface area contributed by atoms with E-state index in [9.17, 15) is 0 Å². The Bertz CT molecular complexity index is 1510. The number of ether oxygens (including phenoxy) is 2. The van der Waals surface area contributed by atoms with Crippen molar-refractivity contribution >= 4 is 17.2 Å². The molecule has 1 aliphatic heterocycles. The molecule has 10 heteroatoms. The van der Waals surface area contributed by atoms with Crippen LogP contribution in [-0.4, -0.2) is 44.9 Å². The van der Waals surface area contributed by atoms with Crippen LogP contribution in [0.3, 0.4) is 0 Å². The lowest BCUT2D eigenvalue weighted by molar-refractivity contribution is 0.0253. The monoisotopic (exact) mass is 532 g/mol. The van der Waals surface area contributed by atoms with Crippen molar-refractivity contribution in [3.8, 4) is 17.0 Å². The Kier molecular flexibility index (Phi) is 6.97. The van der Waals surface area contributed by atoms with Gasteiger partial charge in [0.1, 0.15) is 23.5 Å². The minimum Gasteiger partial charge on any atom is -0.490 e. The molecule has 4 heterocycles. The van der Waals surface area contributed by atoms with Gasteiger partial charge in [-0.1, -0.05) is 11.6 Å². The van der Waals surface area contributed by atoms with Gasteiger partial charge in [-0.3, -0.25) is 4.98 Å². The number of hydrogen-bond acceptors (Lipinski definition) is 7. The van der Waals surface area contributed by atoms with Crippen LogP contribution < -0.4 is 15.8 Å². The van der Waals surface area contributed by atoms with Crippen molar-refractivity contribution in [2.75, 3.05) is 18.5 Å². The Morgan fingerprint density at radius 2 is 1.90 bits per heavy atom. The van der Waals surface area contributed by atoms with Crippen LogP contribution in [0.15, 0.2) is 60.6 Å². The van der Waals surface area contributed by atoms with E-state index in [2.05, 4.69) is 33.4 Å². The molecule has 0 radical (unpaired) electrons. The second kappa shape index (κ2) is 10.7. The number of imidazole rings is 1. The minimum absolute atomic E-state index is 0.000455. The van der Waals surface area contributed by atoms with Crippen LogP contribution >= 0.6 is 0 Å². The third kappa shape index (κ3) is 5.35. The van der Waals surface area contributed by atoms with Crippen molar-refractivity contribution in [2.24, 2.45) is 5.73 Å². The normalized spacial score (nSPS) is 20.2. The number of allylic oxidation sites excluding steroid dienone is 1. The van der Waals surface area contributed by atoms with Crippen molar-refractivity contribution in [1.29, 1.82) is 0 Å². The average Bonchev–Trinajstić information content (AvgIpc) is 3.30. The second-order valence-corrected chi connectivity index (χ2v) is 10.2. The van der Waals surface area contributed by atoms with Crippen LogP contribution in [-0.2, 0) is 4.74 Å². The highest BCUT2D eigenvalue weighted by Crippen LogP contribution is 2.37. The third-order valence-electron chi connectivity index (χ3n) is 7.29. The Balaban J connectivity index is 1.30. The van der Waals surface area contributed by atoms with E-state index in [1.807, 2.05) is 6.07 Å². The number of nitrogens with one attached hydrogen (secondary N) is 1. The molecule has 2 atom stereocenters. The molecule has 0 bridgehead atoms. The number of nitrogens with zero attached hydrogens (tertiary/aromatic N) is 4. The fourth-order valence-electron chi connectivity index (χ4n) is 5.48. The molecule has 39 heavy (non-hydrogen) atoms. The molecule has 1 fully saturated rings. The van der Waals surface area contributed by atoms with Gasteiger partial charge in [0, 0.05) is 37.2 Å². The molecule has 3 aromatic heterocycles. The van der Waals surface area contributed by atoms with Gasteiger partial charge >= 0.3 is 0 Å². The SMILES string of the molecule is CC1=C[C@H](N)C[C@H](c2ccncc2Nc2ncc3ccc(-c4c(F)cc(OC5CCOCC5)cc4F)nn23)C1. The summed E-state index contributed by atoms with van der Waals surface area (Å²) in [5.74, 6) is -0.692. The number of nitrogens with two attached hydrogens (primary N) is 1. The molecule has 0 spiro atoms. The maximum atomic E-state index is 15.2. The molecule has 0 amide bonds. The van der Waals surface area contributed by atoms with Crippen LogP contribution in [0, 0.1) is 11.6 Å². The number of anilines is 2. The lowest BCUT2D eigenvalue weighted by Gasteiger charge is -2.27. The molecule has 6 rings (SSSR count). The number of aromatic nitrogens is 4. The number of fused-ring (bicyclic) bond motifs is 1. The summed E-state index contributed by atoms with van der Waals surface area (Å²) in [6.45, 7) is 3.24. The summed E-state index contributed by atoms with van der Waals surface area (Å²) < 4.78 is 43.1. The lowest BCUT2D eigenvalue weighted by atomic mass is 9.82. The zero-order valence-corrected chi connectivity index (χ0v) is 21.6. The van der Waals surface area contributed by atoms with Crippen LogP contribution in [0.2, 0.25) is 0 Å². The minimum atomic E-state index is -0.745. The van der Waals surface area contributed by atoms with Gasteiger partial charge in [0.25, 0.3) is 0 Å². The molecular formula is C29H30F2N6O2. The number of pyridine rings is 1. The summed E-state index contributed by atoms with van der Waals surface area (Å²) in [5, 5.41) is 7.87. The maximum Gasteiger partial charge on any atom is 0.229 e. The predicted molar refractivity (Wildman–Crippen MR) is 144 cm³/mol. The standard InChI is InChI=1S/C29H30F2N6O2/c1-17-10-18(12-19(32)11-17)23-4-7-33-16-27(23)35-29-34-15-20-2-3-26(36-37(20)29)28-24(30)13-22(14-25(28)31)39-21-5-8-38-9-6-21/h2-4,7,11,13-16,18-19,21H,5-6,8-10,12,32H2,1H3,(H,34,35)/t18-,19+/m1/s1. The molecule has 202 valence electrons. The first-order chi connectivity index (χ1) is 18.9. The van der Waals surface area contributed by atoms with Gasteiger partial charge in [0.2, 0.25) is 5.95 Å². The molecule has 1 saturated heterocycles. The Morgan fingerprint density at radius 1 is 1.10 bits per heavy atom. The molecule has 8 nitrogen and oxygen atoms in total. The average molecular weight is 533 g/mol. The summed E-state index contributed by atoms with van der Waals surface area (Å²) in [5.41, 5.74) is 9.97. The Labute approximate surface area is 224 Å². The van der Waals surface area contributed by atoms with Gasteiger partial charge in [-0.15, -0.1) is 0 Å². The zero-order chi connectivity index (χ0) is 26.9. The summed E-state index contributed by atoms with van der Waals surface area (Å²) in [6.07, 6.45) is 10.2. The number of benzene rings is 1. The van der Waals surface area contributed by atoms with Crippen LogP contribution in [0.25, 0.3) is 16.8 Å². The zero-order valence-electron chi connectivity index (χ0n) is 21.6. The smallest absolute Gasteiger partial charge is 0.229 e. The van der Waals surface area contributed by atoms with E-state index in [-0.39, 0.29) is 35.1 Å². The van der Waals surface area contributed by atoms with Gasteiger partial charge in [0.05, 0.1) is 48.1 Å². The molecule has 3 N–H and O–H groups in total. The summed E-state index contributed by atoms with van der Waals surface area (Å²) in [6, 6.07) is 7.71. The molecule has 0 saturated carbocycles. The molecule has 1 aliphatic carbocycles. The van der Waals surface area contributed by atoms with Crippen molar-refractivity contribution in [1.82, 2.24) is 19.6 Å². The number of rotatable bonds is 6. The molecule has 0 unspecified atom stereocenters. The topological polar surface area (TPSA) is 99.6 Å². The first kappa shape index (κ1) is 25.4. The second-order valence-electron chi connectivity index (χ2n) is 10.2. The number of hydrogen-bond donors (Lipinski definition) is 2. The third-order valence-corrected chi connectivity index (χ3v) is 7.29. The van der Waals surface area contributed by atoms with Crippen molar-refractivity contribution in [3.63, 3.8) is 0 Å². The van der Waals surface area contributed by atoms with E-state index in [4.69, 9.17) is 15.2 Å². The first-order valence-corrected chi connectivity index (χ1v) is 13.2. The highest BCUT2D eigenvalue weighted by Gasteiger charge is 2.24. The van der Waals surface area contributed by atoms with E-state index in [0.29, 0.717) is 37.5 Å². The van der Waals surface area contributed by atoms with E-state index in [1.165, 1.54) is 22.2 Å². The summed E-state index contributed by atoms with van der Waals surface area (Å²) in [4.78, 5) is 8.77. The van der Waals surface area contributed by atoms with Crippen LogP contribution in [0.4, 0.5) is 20.4 Å². The van der Waals surface area contributed by atoms with Crippen molar-refractivity contribution in [3.05, 3.63) is 77.8 Å².